The maximum atomic E-state index is 13.8. The Labute approximate surface area is 169 Å². The minimum atomic E-state index is -0.772. The molecule has 3 heteroatoms. The summed E-state index contributed by atoms with van der Waals surface area (Å²) in [5.74, 6) is 5.33. The third-order valence-corrected chi connectivity index (χ3v) is 6.02. The Morgan fingerprint density at radius 2 is 1.82 bits per heavy atom. The van der Waals surface area contributed by atoms with E-state index in [0.29, 0.717) is 11.5 Å². The van der Waals surface area contributed by atoms with Crippen LogP contribution < -0.4 is 0 Å². The number of benzene rings is 3. The van der Waals surface area contributed by atoms with Crippen molar-refractivity contribution >= 4 is 22.4 Å². The van der Waals surface area contributed by atoms with Crippen molar-refractivity contribution in [3.05, 3.63) is 81.9 Å². The molecule has 0 fully saturated rings. The first kappa shape index (κ1) is 19.0. The van der Waals surface area contributed by atoms with Crippen LogP contribution in [0.1, 0.15) is 48.8 Å². The van der Waals surface area contributed by atoms with Crippen molar-refractivity contribution in [3.8, 4) is 11.8 Å². The highest BCUT2D eigenvalue weighted by Gasteiger charge is 2.28. The zero-order chi connectivity index (χ0) is 19.7. The van der Waals surface area contributed by atoms with Crippen molar-refractivity contribution in [2.24, 2.45) is 5.92 Å². The summed E-state index contributed by atoms with van der Waals surface area (Å²) < 4.78 is 27.6. The summed E-state index contributed by atoms with van der Waals surface area (Å²) in [5, 5.41) is 2.04. The van der Waals surface area contributed by atoms with Crippen LogP contribution in [-0.2, 0) is 6.42 Å². The summed E-state index contributed by atoms with van der Waals surface area (Å²) in [6, 6.07) is 15.2. The van der Waals surface area contributed by atoms with Crippen LogP contribution in [0.15, 0.2) is 48.5 Å². The second-order valence-electron chi connectivity index (χ2n) is 7.44. The van der Waals surface area contributed by atoms with Crippen molar-refractivity contribution in [2.45, 2.75) is 38.5 Å². The van der Waals surface area contributed by atoms with Gasteiger partial charge >= 0.3 is 0 Å². The lowest BCUT2D eigenvalue weighted by atomic mass is 9.72. The third kappa shape index (κ3) is 3.52. The third-order valence-electron chi connectivity index (χ3n) is 5.66. The average Bonchev–Trinajstić information content (AvgIpc) is 2.70. The van der Waals surface area contributed by atoms with E-state index in [1.165, 1.54) is 34.0 Å². The largest absolute Gasteiger partial charge is 0.205 e. The second kappa shape index (κ2) is 7.94. The Morgan fingerprint density at radius 1 is 1.07 bits per heavy atom. The van der Waals surface area contributed by atoms with E-state index in [-0.39, 0.29) is 5.92 Å². The lowest BCUT2D eigenvalue weighted by Gasteiger charge is -2.31. The minimum Gasteiger partial charge on any atom is -0.205 e. The van der Waals surface area contributed by atoms with Gasteiger partial charge in [-0.2, -0.15) is 0 Å². The molecule has 0 bridgehead atoms. The lowest BCUT2D eigenvalue weighted by Crippen LogP contribution is -2.20. The zero-order valence-electron chi connectivity index (χ0n) is 15.7. The maximum Gasteiger partial charge on any atom is 0.146 e. The topological polar surface area (TPSA) is 0 Å². The van der Waals surface area contributed by atoms with Gasteiger partial charge < -0.3 is 0 Å². The van der Waals surface area contributed by atoms with Crippen LogP contribution in [-0.4, -0.2) is 0 Å². The Kier molecular flexibility index (Phi) is 5.38. The van der Waals surface area contributed by atoms with Crippen molar-refractivity contribution < 1.29 is 8.78 Å². The SMILES string of the molecule is CCCC1CCc2c(ccc3ccccc23)C1C#Cc1cc(F)c(Cl)c(F)c1. The number of hydrogen-bond donors (Lipinski definition) is 0. The maximum absolute atomic E-state index is 13.8. The Balaban J connectivity index is 1.80. The summed E-state index contributed by atoms with van der Waals surface area (Å²) in [6.45, 7) is 2.18. The van der Waals surface area contributed by atoms with Crippen LogP contribution in [0.25, 0.3) is 10.8 Å². The van der Waals surface area contributed by atoms with Gasteiger partial charge in [0.05, 0.1) is 0 Å². The fourth-order valence-electron chi connectivity index (χ4n) is 4.34. The molecule has 0 aromatic heterocycles. The Bertz CT molecular complexity index is 1070. The molecule has 0 nitrogen and oxygen atoms in total. The first-order valence-corrected chi connectivity index (χ1v) is 10.1. The smallest absolute Gasteiger partial charge is 0.146 e. The fourth-order valence-corrected chi connectivity index (χ4v) is 4.45. The minimum absolute atomic E-state index is 0.0649. The van der Waals surface area contributed by atoms with Crippen LogP contribution in [0.3, 0.4) is 0 Å². The standard InChI is InChI=1S/C25H21ClF2/c1-2-5-17-9-12-21-19-7-4-3-6-18(19)10-13-22(21)20(17)11-8-16-14-23(27)25(26)24(28)15-16/h3-4,6-7,10,13-15,17,20H,2,5,9,12H2,1H3. The molecule has 1 aliphatic rings. The van der Waals surface area contributed by atoms with Crippen LogP contribution in [0.2, 0.25) is 5.02 Å². The molecule has 142 valence electrons. The fraction of sp³-hybridized carbons (Fsp3) is 0.280. The van der Waals surface area contributed by atoms with E-state index in [1.54, 1.807) is 0 Å². The quantitative estimate of drug-likeness (QED) is 0.316. The molecule has 2 atom stereocenters. The van der Waals surface area contributed by atoms with E-state index in [0.717, 1.165) is 25.7 Å². The van der Waals surface area contributed by atoms with E-state index in [9.17, 15) is 8.78 Å². The van der Waals surface area contributed by atoms with Crippen LogP contribution in [0.5, 0.6) is 0 Å². The highest BCUT2D eigenvalue weighted by molar-refractivity contribution is 6.30. The molecule has 0 N–H and O–H groups in total. The first-order chi connectivity index (χ1) is 13.6. The van der Waals surface area contributed by atoms with Crippen LogP contribution >= 0.6 is 11.6 Å². The van der Waals surface area contributed by atoms with Gasteiger partial charge in [0.1, 0.15) is 16.7 Å². The Morgan fingerprint density at radius 3 is 2.57 bits per heavy atom. The molecule has 0 aliphatic heterocycles. The molecular weight excluding hydrogens is 374 g/mol. The number of fused-ring (bicyclic) bond motifs is 3. The van der Waals surface area contributed by atoms with Crippen LogP contribution in [0.4, 0.5) is 8.78 Å². The zero-order valence-corrected chi connectivity index (χ0v) is 16.5. The number of rotatable bonds is 2. The summed E-state index contributed by atoms with van der Waals surface area (Å²) in [5.41, 5.74) is 2.94. The lowest BCUT2D eigenvalue weighted by molar-refractivity contribution is 0.394. The molecule has 0 heterocycles. The second-order valence-corrected chi connectivity index (χ2v) is 7.82. The number of halogens is 3. The molecule has 2 unspecified atom stereocenters. The summed E-state index contributed by atoms with van der Waals surface area (Å²) in [4.78, 5) is 0. The van der Waals surface area contributed by atoms with Gasteiger partial charge in [-0.3, -0.25) is 0 Å². The van der Waals surface area contributed by atoms with E-state index in [4.69, 9.17) is 11.6 Å². The molecule has 0 saturated heterocycles. The van der Waals surface area contributed by atoms with Gasteiger partial charge in [0.2, 0.25) is 0 Å². The summed E-state index contributed by atoms with van der Waals surface area (Å²) in [7, 11) is 0. The van der Waals surface area contributed by atoms with Crippen molar-refractivity contribution in [1.82, 2.24) is 0 Å². The molecule has 4 rings (SSSR count). The normalized spacial score (nSPS) is 18.4. The van der Waals surface area contributed by atoms with E-state index < -0.39 is 16.7 Å². The van der Waals surface area contributed by atoms with E-state index in [1.807, 2.05) is 0 Å². The van der Waals surface area contributed by atoms with Crippen molar-refractivity contribution in [2.75, 3.05) is 0 Å². The predicted octanol–water partition coefficient (Wildman–Crippen LogP) is 7.27. The average molecular weight is 395 g/mol. The van der Waals surface area contributed by atoms with Crippen molar-refractivity contribution in [3.63, 3.8) is 0 Å². The number of aryl methyl sites for hydroxylation is 1. The molecule has 0 amide bonds. The highest BCUT2D eigenvalue weighted by Crippen LogP contribution is 2.41. The monoisotopic (exact) mass is 394 g/mol. The number of hydrogen-bond acceptors (Lipinski definition) is 0. The van der Waals surface area contributed by atoms with E-state index in [2.05, 4.69) is 55.2 Å². The predicted molar refractivity (Wildman–Crippen MR) is 112 cm³/mol. The molecule has 0 spiro atoms. The van der Waals surface area contributed by atoms with Gasteiger partial charge in [-0.1, -0.05) is 73.2 Å². The van der Waals surface area contributed by atoms with E-state index >= 15 is 0 Å². The molecule has 3 aromatic rings. The molecule has 28 heavy (non-hydrogen) atoms. The van der Waals surface area contributed by atoms with Crippen LogP contribution in [0, 0.1) is 29.4 Å². The van der Waals surface area contributed by atoms with Gasteiger partial charge in [0, 0.05) is 11.5 Å². The van der Waals surface area contributed by atoms with Gasteiger partial charge in [0.15, 0.2) is 0 Å². The van der Waals surface area contributed by atoms with Gasteiger partial charge in [-0.15, -0.1) is 0 Å². The molecular formula is C25H21ClF2. The summed E-state index contributed by atoms with van der Waals surface area (Å²) in [6.07, 6.45) is 4.31. The van der Waals surface area contributed by atoms with Gasteiger partial charge in [0.25, 0.3) is 0 Å². The molecule has 0 saturated carbocycles. The van der Waals surface area contributed by atoms with Gasteiger partial charge in [-0.05, 0) is 59.2 Å². The molecule has 0 radical (unpaired) electrons. The highest BCUT2D eigenvalue weighted by atomic mass is 35.5. The van der Waals surface area contributed by atoms with Gasteiger partial charge in [-0.25, -0.2) is 8.78 Å². The first-order valence-electron chi connectivity index (χ1n) is 9.75. The molecule has 1 aliphatic carbocycles. The van der Waals surface area contributed by atoms with Crippen molar-refractivity contribution in [1.29, 1.82) is 0 Å². The summed E-state index contributed by atoms with van der Waals surface area (Å²) >= 11 is 5.59. The Hall–Kier alpha value is -2.37. The molecule has 3 aromatic carbocycles.